The van der Waals surface area contributed by atoms with Crippen LogP contribution in [0.15, 0.2) is 27.3 Å². The van der Waals surface area contributed by atoms with Crippen LogP contribution in [0.25, 0.3) is 0 Å². The molecule has 5 heteroatoms. The summed E-state index contributed by atoms with van der Waals surface area (Å²) in [6, 6.07) is 3.79. The lowest BCUT2D eigenvalue weighted by Gasteiger charge is -2.16. The largest absolute Gasteiger partial charge is 0.469 e. The summed E-state index contributed by atoms with van der Waals surface area (Å²) in [5, 5.41) is 3.92. The van der Waals surface area contributed by atoms with E-state index in [9.17, 15) is 0 Å². The van der Waals surface area contributed by atoms with Crippen LogP contribution in [0.3, 0.4) is 0 Å². The monoisotopic (exact) mass is 235 g/mol. The predicted molar refractivity (Wildman–Crippen MR) is 62.2 cm³/mol. The van der Waals surface area contributed by atoms with Gasteiger partial charge in [-0.1, -0.05) is 12.1 Å². The first kappa shape index (κ1) is 11.9. The van der Waals surface area contributed by atoms with Gasteiger partial charge in [-0.05, 0) is 25.5 Å². The van der Waals surface area contributed by atoms with Crippen LogP contribution in [0, 0.1) is 0 Å². The van der Waals surface area contributed by atoms with Crippen molar-refractivity contribution in [1.82, 2.24) is 10.1 Å². The Morgan fingerprint density at radius 3 is 2.88 bits per heavy atom. The van der Waals surface area contributed by atoms with Gasteiger partial charge in [0.2, 0.25) is 5.89 Å². The molecule has 2 aromatic heterocycles. The molecule has 2 heterocycles. The van der Waals surface area contributed by atoms with Crippen LogP contribution in [0.2, 0.25) is 0 Å². The Hall–Kier alpha value is -1.62. The van der Waals surface area contributed by atoms with Crippen LogP contribution in [0.1, 0.15) is 37.7 Å². The zero-order chi connectivity index (χ0) is 12.3. The Morgan fingerprint density at radius 2 is 2.24 bits per heavy atom. The van der Waals surface area contributed by atoms with Crippen molar-refractivity contribution in [3.63, 3.8) is 0 Å². The molecule has 0 saturated carbocycles. The van der Waals surface area contributed by atoms with E-state index in [0.29, 0.717) is 18.1 Å². The Bertz CT molecular complexity index is 460. The Labute approximate surface area is 100.0 Å². The van der Waals surface area contributed by atoms with E-state index in [1.807, 2.05) is 26.0 Å². The van der Waals surface area contributed by atoms with E-state index in [1.54, 1.807) is 6.26 Å². The number of hydrogen-bond acceptors (Lipinski definition) is 5. The number of furan rings is 1. The number of aryl methyl sites for hydroxylation is 2. The highest BCUT2D eigenvalue weighted by atomic mass is 16.5. The number of hydrogen-bond donors (Lipinski definition) is 1. The van der Waals surface area contributed by atoms with Gasteiger partial charge in [0.05, 0.1) is 11.8 Å². The Morgan fingerprint density at radius 1 is 1.41 bits per heavy atom. The Balaban J connectivity index is 1.99. The van der Waals surface area contributed by atoms with Crippen LogP contribution in [0.4, 0.5) is 0 Å². The lowest BCUT2D eigenvalue weighted by atomic mass is 10.0. The molecule has 5 nitrogen and oxygen atoms in total. The predicted octanol–water partition coefficient (Wildman–Crippen LogP) is 2.03. The molecular formula is C12H17N3O2. The minimum atomic E-state index is -0.521. The summed E-state index contributed by atoms with van der Waals surface area (Å²) >= 11 is 0. The molecule has 2 aromatic rings. The molecule has 17 heavy (non-hydrogen) atoms. The maximum absolute atomic E-state index is 6.04. The molecule has 0 aliphatic carbocycles. The maximum atomic E-state index is 6.04. The maximum Gasteiger partial charge on any atom is 0.227 e. The molecule has 0 aromatic carbocycles. The van der Waals surface area contributed by atoms with E-state index in [1.165, 1.54) is 0 Å². The molecule has 2 N–H and O–H groups in total. The SMILES string of the molecule is CCC(C)(N)c1noc(CCc2ccco2)n1. The van der Waals surface area contributed by atoms with Crippen molar-refractivity contribution in [3.05, 3.63) is 35.9 Å². The molecule has 2 rings (SSSR count). The number of rotatable bonds is 5. The second-order valence-corrected chi connectivity index (χ2v) is 4.36. The molecule has 0 amide bonds. The van der Waals surface area contributed by atoms with E-state index >= 15 is 0 Å². The van der Waals surface area contributed by atoms with Gasteiger partial charge < -0.3 is 14.7 Å². The zero-order valence-corrected chi connectivity index (χ0v) is 10.1. The van der Waals surface area contributed by atoms with Crippen LogP contribution < -0.4 is 5.73 Å². The second-order valence-electron chi connectivity index (χ2n) is 4.36. The summed E-state index contributed by atoms with van der Waals surface area (Å²) < 4.78 is 10.4. The molecule has 1 unspecified atom stereocenters. The van der Waals surface area contributed by atoms with Gasteiger partial charge in [0.1, 0.15) is 5.76 Å². The summed E-state index contributed by atoms with van der Waals surface area (Å²) in [5.74, 6) is 2.08. The average molecular weight is 235 g/mol. The summed E-state index contributed by atoms with van der Waals surface area (Å²) in [7, 11) is 0. The fourth-order valence-corrected chi connectivity index (χ4v) is 1.43. The third-order valence-electron chi connectivity index (χ3n) is 2.88. The summed E-state index contributed by atoms with van der Waals surface area (Å²) in [5.41, 5.74) is 5.52. The first-order valence-electron chi connectivity index (χ1n) is 5.76. The number of aromatic nitrogens is 2. The van der Waals surface area contributed by atoms with Crippen molar-refractivity contribution in [2.75, 3.05) is 0 Å². The van der Waals surface area contributed by atoms with Crippen molar-refractivity contribution < 1.29 is 8.94 Å². The van der Waals surface area contributed by atoms with Crippen LogP contribution in [-0.2, 0) is 18.4 Å². The second kappa shape index (κ2) is 4.71. The summed E-state index contributed by atoms with van der Waals surface area (Å²) in [6.07, 6.45) is 3.84. The highest BCUT2D eigenvalue weighted by molar-refractivity contribution is 5.03. The van der Waals surface area contributed by atoms with Crippen LogP contribution in [0.5, 0.6) is 0 Å². The van der Waals surface area contributed by atoms with Crippen LogP contribution in [-0.4, -0.2) is 10.1 Å². The average Bonchev–Trinajstić information content (AvgIpc) is 2.97. The first-order chi connectivity index (χ1) is 8.12. The molecule has 0 fully saturated rings. The number of nitrogens with two attached hydrogens (primary N) is 1. The van der Waals surface area contributed by atoms with Gasteiger partial charge >= 0.3 is 0 Å². The lowest BCUT2D eigenvalue weighted by molar-refractivity contribution is 0.349. The van der Waals surface area contributed by atoms with E-state index in [2.05, 4.69) is 10.1 Å². The third kappa shape index (κ3) is 2.74. The van der Waals surface area contributed by atoms with Gasteiger partial charge in [-0.3, -0.25) is 0 Å². The molecular weight excluding hydrogens is 218 g/mol. The molecule has 0 saturated heterocycles. The van der Waals surface area contributed by atoms with Gasteiger partial charge in [-0.2, -0.15) is 4.98 Å². The van der Waals surface area contributed by atoms with Crippen molar-refractivity contribution in [3.8, 4) is 0 Å². The fourth-order valence-electron chi connectivity index (χ4n) is 1.43. The summed E-state index contributed by atoms with van der Waals surface area (Å²) in [4.78, 5) is 4.31. The highest BCUT2D eigenvalue weighted by Crippen LogP contribution is 2.18. The molecule has 1 atom stereocenters. The minimum Gasteiger partial charge on any atom is -0.469 e. The molecule has 0 aliphatic heterocycles. The lowest BCUT2D eigenvalue weighted by Crippen LogP contribution is -2.33. The van der Waals surface area contributed by atoms with Gasteiger partial charge in [-0.25, -0.2) is 0 Å². The van der Waals surface area contributed by atoms with Crippen molar-refractivity contribution >= 4 is 0 Å². The topological polar surface area (TPSA) is 78.1 Å². The normalized spacial score (nSPS) is 14.8. The van der Waals surface area contributed by atoms with Crippen molar-refractivity contribution in [2.45, 2.75) is 38.6 Å². The van der Waals surface area contributed by atoms with Gasteiger partial charge in [0, 0.05) is 12.8 Å². The minimum absolute atomic E-state index is 0.521. The zero-order valence-electron chi connectivity index (χ0n) is 10.1. The molecule has 92 valence electrons. The number of nitrogens with zero attached hydrogens (tertiary/aromatic N) is 2. The van der Waals surface area contributed by atoms with Crippen molar-refractivity contribution in [1.29, 1.82) is 0 Å². The molecule has 0 spiro atoms. The van der Waals surface area contributed by atoms with E-state index in [0.717, 1.165) is 18.6 Å². The van der Waals surface area contributed by atoms with Crippen LogP contribution >= 0.6 is 0 Å². The van der Waals surface area contributed by atoms with E-state index in [-0.39, 0.29) is 0 Å². The standard InChI is InChI=1S/C12H17N3O2/c1-3-12(2,13)11-14-10(17-15-11)7-6-9-5-4-8-16-9/h4-5,8H,3,6-7,13H2,1-2H3. The molecule has 0 radical (unpaired) electrons. The van der Waals surface area contributed by atoms with E-state index < -0.39 is 5.54 Å². The third-order valence-corrected chi connectivity index (χ3v) is 2.88. The Kier molecular flexibility index (Phi) is 3.28. The smallest absolute Gasteiger partial charge is 0.227 e. The molecule has 0 bridgehead atoms. The first-order valence-corrected chi connectivity index (χ1v) is 5.76. The highest BCUT2D eigenvalue weighted by Gasteiger charge is 2.25. The summed E-state index contributed by atoms with van der Waals surface area (Å²) in [6.45, 7) is 3.90. The van der Waals surface area contributed by atoms with Crippen molar-refractivity contribution in [2.24, 2.45) is 5.73 Å². The van der Waals surface area contributed by atoms with Gasteiger partial charge in [-0.15, -0.1) is 0 Å². The quantitative estimate of drug-likeness (QED) is 0.857. The van der Waals surface area contributed by atoms with Gasteiger partial charge in [0.15, 0.2) is 5.82 Å². The molecule has 0 aliphatic rings. The van der Waals surface area contributed by atoms with Gasteiger partial charge in [0.25, 0.3) is 0 Å². The van der Waals surface area contributed by atoms with E-state index in [4.69, 9.17) is 14.7 Å². The fraction of sp³-hybridized carbons (Fsp3) is 0.500.